The van der Waals surface area contributed by atoms with E-state index in [1.807, 2.05) is 24.3 Å². The number of carbonyl (C=O) groups excluding carboxylic acids is 1. The van der Waals surface area contributed by atoms with Crippen LogP contribution in [0.5, 0.6) is 0 Å². The van der Waals surface area contributed by atoms with E-state index < -0.39 is 15.8 Å². The Morgan fingerprint density at radius 2 is 1.74 bits per heavy atom. The van der Waals surface area contributed by atoms with Crippen LogP contribution in [-0.2, 0) is 14.6 Å². The summed E-state index contributed by atoms with van der Waals surface area (Å²) in [6.07, 6.45) is 1.16. The molecule has 0 unspecified atom stereocenters. The van der Waals surface area contributed by atoms with Gasteiger partial charge in [-0.2, -0.15) is 0 Å². The fraction of sp³-hybridized carbons (Fsp3) is 0.100. The fourth-order valence-corrected chi connectivity index (χ4v) is 3.75. The lowest BCUT2D eigenvalue weighted by atomic mass is 10.1. The average molecular weight is 380 g/mol. The molecule has 0 atom stereocenters. The van der Waals surface area contributed by atoms with E-state index in [9.17, 15) is 13.2 Å². The molecule has 0 radical (unpaired) electrons. The van der Waals surface area contributed by atoms with Crippen LogP contribution in [-0.4, -0.2) is 37.7 Å². The van der Waals surface area contributed by atoms with Gasteiger partial charge in [-0.15, -0.1) is 0 Å². The van der Waals surface area contributed by atoms with Gasteiger partial charge in [-0.3, -0.25) is 0 Å². The number of hydrogen-bond acceptors (Lipinski definition) is 5. The molecule has 2 heterocycles. The maximum Gasteiger partial charge on any atom is 0.356 e. The van der Waals surface area contributed by atoms with Gasteiger partial charge in [0.25, 0.3) is 0 Å². The summed E-state index contributed by atoms with van der Waals surface area (Å²) >= 11 is 0. The molecule has 0 fully saturated rings. The molecule has 0 spiro atoms. The highest BCUT2D eigenvalue weighted by Crippen LogP contribution is 2.33. The van der Waals surface area contributed by atoms with Crippen molar-refractivity contribution in [1.82, 2.24) is 9.97 Å². The number of benzene rings is 2. The molecule has 0 aliphatic heterocycles. The first-order valence-corrected chi connectivity index (χ1v) is 10.1. The first kappa shape index (κ1) is 17.2. The van der Waals surface area contributed by atoms with E-state index in [-0.39, 0.29) is 10.6 Å². The van der Waals surface area contributed by atoms with Crippen LogP contribution in [0.3, 0.4) is 0 Å². The Morgan fingerprint density at radius 3 is 2.41 bits per heavy atom. The first-order valence-electron chi connectivity index (χ1n) is 8.19. The molecule has 136 valence electrons. The van der Waals surface area contributed by atoms with Crippen molar-refractivity contribution in [2.75, 3.05) is 13.4 Å². The van der Waals surface area contributed by atoms with Crippen molar-refractivity contribution in [2.24, 2.45) is 0 Å². The third-order valence-corrected chi connectivity index (χ3v) is 5.58. The molecule has 6 nitrogen and oxygen atoms in total. The number of para-hydroxylation sites is 1. The SMILES string of the molecule is COC(=O)c1cc2c([nH]c3ccccc32)c(-c2ccc(S(C)(=O)=O)cc2)n1. The lowest BCUT2D eigenvalue weighted by Gasteiger charge is -2.07. The molecule has 0 saturated carbocycles. The number of esters is 1. The zero-order valence-corrected chi connectivity index (χ0v) is 15.5. The normalized spacial score (nSPS) is 11.8. The van der Waals surface area contributed by atoms with Crippen LogP contribution >= 0.6 is 0 Å². The van der Waals surface area contributed by atoms with Crippen molar-refractivity contribution in [1.29, 1.82) is 0 Å². The molecule has 27 heavy (non-hydrogen) atoms. The Balaban J connectivity index is 2.02. The van der Waals surface area contributed by atoms with E-state index in [0.29, 0.717) is 11.3 Å². The molecule has 0 amide bonds. The third kappa shape index (κ3) is 2.96. The van der Waals surface area contributed by atoms with Gasteiger partial charge in [0.1, 0.15) is 5.69 Å². The second-order valence-electron chi connectivity index (χ2n) is 6.24. The summed E-state index contributed by atoms with van der Waals surface area (Å²) in [4.78, 5) is 20.2. The zero-order chi connectivity index (χ0) is 19.2. The Hall–Kier alpha value is -3.19. The number of fused-ring (bicyclic) bond motifs is 3. The standard InChI is InChI=1S/C20H16N2O4S/c1-26-20(23)17-11-15-14-5-3-4-6-16(14)21-19(15)18(22-17)12-7-9-13(10-8-12)27(2,24)25/h3-11,21H,1-2H3. The number of aromatic amines is 1. The van der Waals surface area contributed by atoms with Crippen LogP contribution in [0.15, 0.2) is 59.5 Å². The molecule has 1 N–H and O–H groups in total. The van der Waals surface area contributed by atoms with Crippen molar-refractivity contribution >= 4 is 37.6 Å². The molecule has 7 heteroatoms. The molecule has 0 bridgehead atoms. The molecule has 4 rings (SSSR count). The second-order valence-corrected chi connectivity index (χ2v) is 8.25. The predicted octanol–water partition coefficient (Wildman–Crippen LogP) is 3.57. The number of rotatable bonds is 3. The van der Waals surface area contributed by atoms with Gasteiger partial charge in [-0.25, -0.2) is 18.2 Å². The minimum absolute atomic E-state index is 0.192. The van der Waals surface area contributed by atoms with Gasteiger partial charge in [0.2, 0.25) is 0 Å². The van der Waals surface area contributed by atoms with Crippen LogP contribution in [0.4, 0.5) is 0 Å². The summed E-state index contributed by atoms with van der Waals surface area (Å²) < 4.78 is 28.3. The van der Waals surface area contributed by atoms with Gasteiger partial charge in [0.05, 0.1) is 23.2 Å². The Morgan fingerprint density at radius 1 is 1.04 bits per heavy atom. The monoisotopic (exact) mass is 380 g/mol. The van der Waals surface area contributed by atoms with E-state index in [2.05, 4.69) is 9.97 Å². The summed E-state index contributed by atoms with van der Waals surface area (Å²) in [6.45, 7) is 0. The van der Waals surface area contributed by atoms with Crippen molar-refractivity contribution in [3.05, 3.63) is 60.3 Å². The maximum absolute atomic E-state index is 12.1. The summed E-state index contributed by atoms with van der Waals surface area (Å²) in [5.41, 5.74) is 3.15. The number of ether oxygens (including phenoxy) is 1. The van der Waals surface area contributed by atoms with Crippen LogP contribution in [0.25, 0.3) is 33.1 Å². The van der Waals surface area contributed by atoms with Gasteiger partial charge in [0.15, 0.2) is 9.84 Å². The fourth-order valence-electron chi connectivity index (χ4n) is 3.12. The number of sulfone groups is 1. The van der Waals surface area contributed by atoms with Crippen molar-refractivity contribution < 1.29 is 17.9 Å². The number of nitrogens with one attached hydrogen (secondary N) is 1. The lowest BCUT2D eigenvalue weighted by molar-refractivity contribution is 0.0594. The lowest BCUT2D eigenvalue weighted by Crippen LogP contribution is -2.05. The van der Waals surface area contributed by atoms with E-state index in [0.717, 1.165) is 28.1 Å². The van der Waals surface area contributed by atoms with E-state index >= 15 is 0 Å². The Labute approximate surface area is 155 Å². The number of methoxy groups -OCH3 is 1. The van der Waals surface area contributed by atoms with Gasteiger partial charge in [-0.1, -0.05) is 30.3 Å². The van der Waals surface area contributed by atoms with Gasteiger partial charge in [-0.05, 0) is 24.3 Å². The van der Waals surface area contributed by atoms with Crippen molar-refractivity contribution in [3.63, 3.8) is 0 Å². The van der Waals surface area contributed by atoms with Gasteiger partial charge in [0, 0.05) is 28.1 Å². The largest absolute Gasteiger partial charge is 0.464 e. The van der Waals surface area contributed by atoms with Gasteiger partial charge >= 0.3 is 5.97 Å². The topological polar surface area (TPSA) is 89.1 Å². The Bertz CT molecular complexity index is 1290. The molecule has 0 aliphatic carbocycles. The summed E-state index contributed by atoms with van der Waals surface area (Å²) in [7, 11) is -1.98. The quantitative estimate of drug-likeness (QED) is 0.549. The maximum atomic E-state index is 12.1. The minimum Gasteiger partial charge on any atom is -0.464 e. The molecule has 2 aromatic heterocycles. The van der Waals surface area contributed by atoms with Crippen molar-refractivity contribution in [3.8, 4) is 11.3 Å². The average Bonchev–Trinajstić information content (AvgIpc) is 3.04. The van der Waals surface area contributed by atoms with E-state index in [1.54, 1.807) is 18.2 Å². The second kappa shape index (κ2) is 6.21. The highest BCUT2D eigenvalue weighted by atomic mass is 32.2. The molecular weight excluding hydrogens is 364 g/mol. The highest BCUT2D eigenvalue weighted by Gasteiger charge is 2.17. The smallest absolute Gasteiger partial charge is 0.356 e. The van der Waals surface area contributed by atoms with Crippen LogP contribution in [0.2, 0.25) is 0 Å². The number of aromatic nitrogens is 2. The minimum atomic E-state index is -3.29. The molecule has 2 aromatic carbocycles. The Kier molecular flexibility index (Phi) is 3.96. The molecule has 4 aromatic rings. The van der Waals surface area contributed by atoms with Crippen molar-refractivity contribution in [2.45, 2.75) is 4.90 Å². The van der Waals surface area contributed by atoms with Gasteiger partial charge < -0.3 is 9.72 Å². The van der Waals surface area contributed by atoms with Crippen LogP contribution in [0, 0.1) is 0 Å². The summed E-state index contributed by atoms with van der Waals surface area (Å²) in [6, 6.07) is 15.9. The van der Waals surface area contributed by atoms with E-state index in [4.69, 9.17) is 4.74 Å². The highest BCUT2D eigenvalue weighted by molar-refractivity contribution is 7.90. The number of pyridine rings is 1. The van der Waals surface area contributed by atoms with Crippen LogP contribution < -0.4 is 0 Å². The zero-order valence-electron chi connectivity index (χ0n) is 14.7. The number of H-pyrrole nitrogens is 1. The number of carbonyl (C=O) groups is 1. The predicted molar refractivity (Wildman–Crippen MR) is 103 cm³/mol. The number of nitrogens with zero attached hydrogens (tertiary/aromatic N) is 1. The molecule has 0 saturated heterocycles. The van der Waals surface area contributed by atoms with Crippen LogP contribution in [0.1, 0.15) is 10.5 Å². The number of hydrogen-bond donors (Lipinski definition) is 1. The molecular formula is C20H16N2O4S. The third-order valence-electron chi connectivity index (χ3n) is 4.45. The summed E-state index contributed by atoms with van der Waals surface area (Å²) in [5, 5.41) is 1.82. The van der Waals surface area contributed by atoms with E-state index in [1.165, 1.54) is 19.2 Å². The first-order chi connectivity index (χ1) is 12.9. The molecule has 0 aliphatic rings. The summed E-state index contributed by atoms with van der Waals surface area (Å²) in [5.74, 6) is -0.531.